The molecule has 1 heterocycles. The van der Waals surface area contributed by atoms with E-state index >= 15 is 0 Å². The van der Waals surface area contributed by atoms with Crippen molar-refractivity contribution in [1.29, 1.82) is 0 Å². The number of benzene rings is 1. The number of amides is 3. The fourth-order valence-corrected chi connectivity index (χ4v) is 6.16. The molecule has 174 valence electrons. The number of ether oxygens (including phenoxy) is 1. The fraction of sp³-hybridized carbons (Fsp3) is 0.320. The molecule has 8 nitrogen and oxygen atoms in total. The quantitative estimate of drug-likeness (QED) is 0.339. The second-order valence-corrected chi connectivity index (χ2v) is 9.78. The lowest BCUT2D eigenvalue weighted by atomic mass is 9.59. The zero-order chi connectivity index (χ0) is 24.5. The minimum absolute atomic E-state index is 0.0991. The van der Waals surface area contributed by atoms with E-state index in [4.69, 9.17) is 0 Å². The summed E-state index contributed by atoms with van der Waals surface area (Å²) in [5.74, 6) is -4.53. The Labute approximate surface area is 203 Å². The molecule has 4 atom stereocenters. The zero-order valence-electron chi connectivity index (χ0n) is 18.3. The van der Waals surface area contributed by atoms with Gasteiger partial charge in [-0.25, -0.2) is 4.79 Å². The molecular weight excluding hydrogens is 506 g/mol. The molecule has 3 aliphatic carbocycles. The number of halogens is 1. The molecule has 34 heavy (non-hydrogen) atoms. The summed E-state index contributed by atoms with van der Waals surface area (Å²) in [6.45, 7) is 1.73. The fourth-order valence-electron chi connectivity index (χ4n) is 5.72. The number of aryl methyl sites for hydroxylation is 1. The Hall–Kier alpha value is -3.33. The van der Waals surface area contributed by atoms with Gasteiger partial charge < -0.3 is 9.84 Å². The highest BCUT2D eigenvalue weighted by Gasteiger charge is 2.58. The van der Waals surface area contributed by atoms with E-state index in [9.17, 15) is 29.1 Å². The standard InChI is InChI=1S/C25H20BrNO7/c1-10-7-11(3-6-17(10)28)19-12-4-5-13-20(24(32)27(23(13)31)25(33)34-2)14(12)8-15-21(19)18(29)9-16(26)22(15)30/h3-4,6-7,9,13-14,19-20,28H,5,8H2,1-2H3. The number of aromatic hydroxyl groups is 1. The van der Waals surface area contributed by atoms with Crippen molar-refractivity contribution >= 4 is 45.4 Å². The van der Waals surface area contributed by atoms with E-state index in [0.29, 0.717) is 27.2 Å². The molecule has 9 heteroatoms. The van der Waals surface area contributed by atoms with Crippen LogP contribution in [0.25, 0.3) is 0 Å². The van der Waals surface area contributed by atoms with Crippen molar-refractivity contribution in [3.8, 4) is 5.75 Å². The third-order valence-electron chi connectivity index (χ3n) is 7.24. The van der Waals surface area contributed by atoms with Crippen LogP contribution in [0.2, 0.25) is 0 Å². The Balaban J connectivity index is 1.68. The Bertz CT molecular complexity index is 1300. The number of fused-ring (bicyclic) bond motifs is 3. The van der Waals surface area contributed by atoms with Gasteiger partial charge >= 0.3 is 6.09 Å². The molecule has 0 bridgehead atoms. The van der Waals surface area contributed by atoms with Gasteiger partial charge in [-0.05, 0) is 58.8 Å². The average molecular weight is 526 g/mol. The molecule has 0 radical (unpaired) electrons. The lowest BCUT2D eigenvalue weighted by Crippen LogP contribution is -2.40. The SMILES string of the molecule is COC(=O)N1C(=O)C2CC=C3C(c4ccc(O)c(C)c4)C4=C(CC3C2C1=O)C(=O)C(Br)=CC4=O. The normalized spacial score (nSPS) is 28.3. The van der Waals surface area contributed by atoms with Crippen LogP contribution in [0.4, 0.5) is 4.79 Å². The maximum Gasteiger partial charge on any atom is 0.423 e. The molecular formula is C25H20BrNO7. The lowest BCUT2D eigenvalue weighted by Gasteiger charge is -2.42. The van der Waals surface area contributed by atoms with Gasteiger partial charge in [-0.15, -0.1) is 0 Å². The second kappa shape index (κ2) is 7.87. The van der Waals surface area contributed by atoms with Crippen LogP contribution in [0.1, 0.15) is 29.9 Å². The summed E-state index contributed by atoms with van der Waals surface area (Å²) in [6.07, 6.45) is 2.43. The number of rotatable bonds is 1. The summed E-state index contributed by atoms with van der Waals surface area (Å²) in [5, 5.41) is 10.0. The maximum absolute atomic E-state index is 13.3. The number of Topliss-reactive ketones (excluding diaryl/α,β-unsaturated/α-hetero) is 1. The van der Waals surface area contributed by atoms with Crippen molar-refractivity contribution in [2.24, 2.45) is 17.8 Å². The molecule has 0 spiro atoms. The molecule has 1 fully saturated rings. The maximum atomic E-state index is 13.3. The summed E-state index contributed by atoms with van der Waals surface area (Å²) >= 11 is 3.18. The van der Waals surface area contributed by atoms with E-state index < -0.39 is 41.6 Å². The number of hydrogen-bond acceptors (Lipinski definition) is 7. The first-order valence-corrected chi connectivity index (χ1v) is 11.6. The Morgan fingerprint density at radius 3 is 2.56 bits per heavy atom. The van der Waals surface area contributed by atoms with Gasteiger partial charge in [0.2, 0.25) is 11.8 Å². The predicted molar refractivity (Wildman–Crippen MR) is 122 cm³/mol. The van der Waals surface area contributed by atoms with Gasteiger partial charge in [0.05, 0.1) is 23.4 Å². The van der Waals surface area contributed by atoms with Crippen molar-refractivity contribution in [3.05, 3.63) is 62.7 Å². The minimum Gasteiger partial charge on any atom is -0.508 e. The molecule has 3 amide bonds. The van der Waals surface area contributed by atoms with E-state index in [1.807, 2.05) is 6.08 Å². The molecule has 1 aromatic carbocycles. The molecule has 0 saturated carbocycles. The Morgan fingerprint density at radius 2 is 1.88 bits per heavy atom. The van der Waals surface area contributed by atoms with Gasteiger partial charge in [-0.2, -0.15) is 4.90 Å². The van der Waals surface area contributed by atoms with Crippen LogP contribution in [-0.2, 0) is 23.9 Å². The van der Waals surface area contributed by atoms with Gasteiger partial charge in [0.15, 0.2) is 11.6 Å². The average Bonchev–Trinajstić information content (AvgIpc) is 3.07. The van der Waals surface area contributed by atoms with E-state index in [1.54, 1.807) is 19.1 Å². The van der Waals surface area contributed by atoms with Crippen molar-refractivity contribution in [2.75, 3.05) is 7.11 Å². The van der Waals surface area contributed by atoms with Crippen molar-refractivity contribution in [3.63, 3.8) is 0 Å². The summed E-state index contributed by atoms with van der Waals surface area (Å²) in [6, 6.07) is 4.98. The number of hydrogen-bond donors (Lipinski definition) is 1. The van der Waals surface area contributed by atoms with Gasteiger partial charge in [0.1, 0.15) is 5.75 Å². The van der Waals surface area contributed by atoms with Crippen LogP contribution in [0.15, 0.2) is 51.6 Å². The molecule has 4 aliphatic rings. The number of phenolic OH excluding ortho intramolecular Hbond substituents is 1. The van der Waals surface area contributed by atoms with Gasteiger partial charge in [-0.3, -0.25) is 19.2 Å². The monoisotopic (exact) mass is 525 g/mol. The van der Waals surface area contributed by atoms with Crippen LogP contribution >= 0.6 is 15.9 Å². The van der Waals surface area contributed by atoms with Gasteiger partial charge in [0, 0.05) is 23.1 Å². The van der Waals surface area contributed by atoms with E-state index in [2.05, 4.69) is 20.7 Å². The number of ketones is 2. The third-order valence-corrected chi connectivity index (χ3v) is 7.83. The van der Waals surface area contributed by atoms with Crippen LogP contribution in [0.5, 0.6) is 5.75 Å². The van der Waals surface area contributed by atoms with Gasteiger partial charge in [0.25, 0.3) is 0 Å². The Morgan fingerprint density at radius 1 is 1.15 bits per heavy atom. The van der Waals surface area contributed by atoms with Crippen LogP contribution < -0.4 is 0 Å². The number of nitrogens with zero attached hydrogens (tertiary/aromatic N) is 1. The van der Waals surface area contributed by atoms with Crippen LogP contribution in [0, 0.1) is 24.7 Å². The minimum atomic E-state index is -1.03. The van der Waals surface area contributed by atoms with E-state index in [1.165, 1.54) is 12.1 Å². The first kappa shape index (κ1) is 22.5. The van der Waals surface area contributed by atoms with E-state index in [-0.39, 0.29) is 34.6 Å². The largest absolute Gasteiger partial charge is 0.508 e. The second-order valence-electron chi connectivity index (χ2n) is 8.92. The molecule has 1 aromatic rings. The highest BCUT2D eigenvalue weighted by Crippen LogP contribution is 2.55. The van der Waals surface area contributed by atoms with Crippen molar-refractivity contribution in [2.45, 2.75) is 25.7 Å². The highest BCUT2D eigenvalue weighted by molar-refractivity contribution is 9.12. The van der Waals surface area contributed by atoms with Crippen LogP contribution in [-0.4, -0.2) is 46.6 Å². The summed E-state index contributed by atoms with van der Waals surface area (Å²) in [7, 11) is 1.10. The first-order chi connectivity index (χ1) is 16.1. The summed E-state index contributed by atoms with van der Waals surface area (Å²) in [4.78, 5) is 65.1. The molecule has 0 aromatic heterocycles. The smallest absolute Gasteiger partial charge is 0.423 e. The van der Waals surface area contributed by atoms with Gasteiger partial charge in [-0.1, -0.05) is 23.8 Å². The molecule has 1 aliphatic heterocycles. The predicted octanol–water partition coefficient (Wildman–Crippen LogP) is 3.23. The Kier molecular flexibility index (Phi) is 5.20. The topological polar surface area (TPSA) is 118 Å². The number of carbonyl (C=O) groups excluding carboxylic acids is 5. The van der Waals surface area contributed by atoms with E-state index in [0.717, 1.165) is 12.7 Å². The zero-order valence-corrected chi connectivity index (χ0v) is 19.9. The molecule has 1 saturated heterocycles. The lowest BCUT2D eigenvalue weighted by molar-refractivity contribution is -0.137. The summed E-state index contributed by atoms with van der Waals surface area (Å²) in [5.41, 5.74) is 2.72. The van der Waals surface area contributed by atoms with Crippen molar-refractivity contribution < 1.29 is 33.8 Å². The summed E-state index contributed by atoms with van der Waals surface area (Å²) < 4.78 is 4.79. The number of methoxy groups -OCH3 is 1. The number of likely N-dealkylation sites (tertiary alicyclic amines) is 1. The molecule has 4 unspecified atom stereocenters. The van der Waals surface area contributed by atoms with Crippen molar-refractivity contribution in [1.82, 2.24) is 4.90 Å². The highest BCUT2D eigenvalue weighted by atomic mass is 79.9. The first-order valence-electron chi connectivity index (χ1n) is 10.8. The molecule has 5 rings (SSSR count). The number of allylic oxidation sites excluding steroid dienone is 6. The number of phenols is 1. The number of carbonyl (C=O) groups is 5. The number of imide groups is 3. The molecule has 1 N–H and O–H groups in total. The van der Waals surface area contributed by atoms with Crippen LogP contribution in [0.3, 0.4) is 0 Å². The third kappa shape index (κ3) is 3.06.